The molecule has 0 aliphatic carbocycles. The number of rotatable bonds is 8. The Bertz CT molecular complexity index is 364. The molecule has 8 heteroatoms. The van der Waals surface area contributed by atoms with Gasteiger partial charge in [-0.25, -0.2) is 13.1 Å². The summed E-state index contributed by atoms with van der Waals surface area (Å²) < 4.78 is 24.5. The molecule has 0 radical (unpaired) electrons. The van der Waals surface area contributed by atoms with Crippen molar-refractivity contribution >= 4 is 21.9 Å². The zero-order valence-corrected chi connectivity index (χ0v) is 10.7. The van der Waals surface area contributed by atoms with Gasteiger partial charge in [0, 0.05) is 6.54 Å². The molecule has 100 valence electrons. The highest BCUT2D eigenvalue weighted by atomic mass is 32.2. The predicted octanol–water partition coefficient (Wildman–Crippen LogP) is -0.847. The van der Waals surface area contributed by atoms with Crippen LogP contribution in [0.4, 0.5) is 0 Å². The van der Waals surface area contributed by atoms with Crippen LogP contribution in [-0.4, -0.2) is 44.2 Å². The molecule has 0 spiro atoms. The van der Waals surface area contributed by atoms with Gasteiger partial charge >= 0.3 is 5.97 Å². The Hall–Kier alpha value is -1.15. The van der Waals surface area contributed by atoms with Gasteiger partial charge in [0.05, 0.1) is 18.7 Å². The highest BCUT2D eigenvalue weighted by Gasteiger charge is 2.14. The van der Waals surface area contributed by atoms with Gasteiger partial charge < -0.3 is 10.4 Å². The lowest BCUT2D eigenvalue weighted by Crippen LogP contribution is -2.39. The molecule has 0 aliphatic heterocycles. The summed E-state index contributed by atoms with van der Waals surface area (Å²) in [5.41, 5.74) is 0. The SMILES string of the molecule is CC(C)CNC(=O)CNS(=O)(=O)CCC(=O)O. The van der Waals surface area contributed by atoms with Crippen molar-refractivity contribution in [2.75, 3.05) is 18.8 Å². The second-order valence-electron chi connectivity index (χ2n) is 3.98. The van der Waals surface area contributed by atoms with Gasteiger partial charge in [-0.05, 0) is 5.92 Å². The number of carbonyl (C=O) groups is 2. The number of aliphatic carboxylic acids is 1. The van der Waals surface area contributed by atoms with Crippen LogP contribution >= 0.6 is 0 Å². The van der Waals surface area contributed by atoms with E-state index < -0.39 is 34.1 Å². The molecular formula is C9H18N2O5S. The number of carboxylic acids is 1. The molecule has 0 fully saturated rings. The van der Waals surface area contributed by atoms with Crippen molar-refractivity contribution in [3.05, 3.63) is 0 Å². The maximum Gasteiger partial charge on any atom is 0.304 e. The number of amides is 1. The number of sulfonamides is 1. The number of carboxylic acid groups (broad SMARTS) is 1. The topological polar surface area (TPSA) is 113 Å². The molecule has 0 aromatic rings. The molecule has 0 aliphatic rings. The van der Waals surface area contributed by atoms with Crippen molar-refractivity contribution in [1.82, 2.24) is 10.0 Å². The van der Waals surface area contributed by atoms with E-state index in [4.69, 9.17) is 5.11 Å². The first kappa shape index (κ1) is 15.9. The third kappa shape index (κ3) is 9.76. The summed E-state index contributed by atoms with van der Waals surface area (Å²) in [5, 5.41) is 10.9. The first-order chi connectivity index (χ1) is 7.73. The fourth-order valence-corrected chi connectivity index (χ4v) is 1.79. The van der Waals surface area contributed by atoms with Gasteiger partial charge in [-0.15, -0.1) is 0 Å². The number of carbonyl (C=O) groups excluding carboxylic acids is 1. The van der Waals surface area contributed by atoms with Crippen LogP contribution in [0.1, 0.15) is 20.3 Å². The van der Waals surface area contributed by atoms with Crippen molar-refractivity contribution < 1.29 is 23.1 Å². The van der Waals surface area contributed by atoms with E-state index in [1.165, 1.54) is 0 Å². The fourth-order valence-electron chi connectivity index (χ4n) is 0.850. The van der Waals surface area contributed by atoms with E-state index in [-0.39, 0.29) is 12.5 Å². The fraction of sp³-hybridized carbons (Fsp3) is 0.778. The Morgan fingerprint density at radius 1 is 1.29 bits per heavy atom. The minimum atomic E-state index is -3.70. The lowest BCUT2D eigenvalue weighted by molar-refractivity contribution is -0.136. The lowest BCUT2D eigenvalue weighted by Gasteiger charge is -2.08. The molecule has 1 amide bonds. The Kier molecular flexibility index (Phi) is 6.74. The Labute approximate surface area is 101 Å². The molecule has 0 aromatic carbocycles. The van der Waals surface area contributed by atoms with E-state index in [0.717, 1.165) is 0 Å². The Morgan fingerprint density at radius 2 is 1.88 bits per heavy atom. The first-order valence-electron chi connectivity index (χ1n) is 5.19. The Morgan fingerprint density at radius 3 is 2.35 bits per heavy atom. The molecule has 0 aromatic heterocycles. The highest BCUT2D eigenvalue weighted by molar-refractivity contribution is 7.89. The lowest BCUT2D eigenvalue weighted by atomic mass is 10.2. The van der Waals surface area contributed by atoms with E-state index in [1.54, 1.807) is 0 Å². The van der Waals surface area contributed by atoms with Crippen molar-refractivity contribution in [3.63, 3.8) is 0 Å². The third-order valence-electron chi connectivity index (χ3n) is 1.74. The molecule has 3 N–H and O–H groups in total. The van der Waals surface area contributed by atoms with Crippen molar-refractivity contribution in [3.8, 4) is 0 Å². The van der Waals surface area contributed by atoms with Crippen LogP contribution in [0.3, 0.4) is 0 Å². The zero-order chi connectivity index (χ0) is 13.5. The van der Waals surface area contributed by atoms with Gasteiger partial charge in [0.25, 0.3) is 0 Å². The molecule has 7 nitrogen and oxygen atoms in total. The summed E-state index contributed by atoms with van der Waals surface area (Å²) in [4.78, 5) is 21.4. The molecule has 0 heterocycles. The van der Waals surface area contributed by atoms with Crippen molar-refractivity contribution in [1.29, 1.82) is 0 Å². The molecule has 0 saturated carbocycles. The van der Waals surface area contributed by atoms with E-state index >= 15 is 0 Å². The summed E-state index contributed by atoms with van der Waals surface area (Å²) in [6, 6.07) is 0. The number of hydrogen-bond donors (Lipinski definition) is 3. The van der Waals surface area contributed by atoms with Crippen LogP contribution in [0.5, 0.6) is 0 Å². The molecule has 17 heavy (non-hydrogen) atoms. The van der Waals surface area contributed by atoms with E-state index in [9.17, 15) is 18.0 Å². The largest absolute Gasteiger partial charge is 0.481 e. The van der Waals surface area contributed by atoms with Gasteiger partial charge in [-0.3, -0.25) is 9.59 Å². The monoisotopic (exact) mass is 266 g/mol. The van der Waals surface area contributed by atoms with Crippen LogP contribution < -0.4 is 10.0 Å². The number of nitrogens with one attached hydrogen (secondary N) is 2. The van der Waals surface area contributed by atoms with Crippen molar-refractivity contribution in [2.24, 2.45) is 5.92 Å². The molecule has 0 unspecified atom stereocenters. The van der Waals surface area contributed by atoms with Crippen LogP contribution in [0.25, 0.3) is 0 Å². The summed E-state index contributed by atoms with van der Waals surface area (Å²) in [5.74, 6) is -1.88. The first-order valence-corrected chi connectivity index (χ1v) is 6.84. The maximum atomic E-state index is 11.2. The van der Waals surface area contributed by atoms with Gasteiger partial charge in [-0.2, -0.15) is 0 Å². The second-order valence-corrected chi connectivity index (χ2v) is 5.91. The maximum absolute atomic E-state index is 11.2. The van der Waals surface area contributed by atoms with Crippen molar-refractivity contribution in [2.45, 2.75) is 20.3 Å². The second kappa shape index (κ2) is 7.23. The molecule has 0 bridgehead atoms. The van der Waals surface area contributed by atoms with E-state index in [0.29, 0.717) is 6.54 Å². The van der Waals surface area contributed by atoms with Gasteiger partial charge in [0.15, 0.2) is 0 Å². The molecule has 0 rings (SSSR count). The Balaban J connectivity index is 3.93. The molecular weight excluding hydrogens is 248 g/mol. The van der Waals surface area contributed by atoms with Crippen LogP contribution in [0.15, 0.2) is 0 Å². The van der Waals surface area contributed by atoms with Crippen LogP contribution in [0, 0.1) is 5.92 Å². The van der Waals surface area contributed by atoms with E-state index in [1.807, 2.05) is 18.6 Å². The van der Waals surface area contributed by atoms with E-state index in [2.05, 4.69) is 5.32 Å². The molecule has 0 saturated heterocycles. The summed E-state index contributed by atoms with van der Waals surface area (Å²) in [6.45, 7) is 3.93. The van der Waals surface area contributed by atoms with Gasteiger partial charge in [-0.1, -0.05) is 13.8 Å². The average Bonchev–Trinajstić information content (AvgIpc) is 2.21. The zero-order valence-electron chi connectivity index (χ0n) is 9.89. The quantitative estimate of drug-likeness (QED) is 0.530. The molecule has 0 atom stereocenters. The predicted molar refractivity (Wildman–Crippen MR) is 61.9 cm³/mol. The average molecular weight is 266 g/mol. The van der Waals surface area contributed by atoms with Crippen LogP contribution in [0.2, 0.25) is 0 Å². The van der Waals surface area contributed by atoms with Crippen LogP contribution in [-0.2, 0) is 19.6 Å². The minimum Gasteiger partial charge on any atom is -0.481 e. The summed E-state index contributed by atoms with van der Waals surface area (Å²) >= 11 is 0. The normalized spacial score (nSPS) is 11.5. The van der Waals surface area contributed by atoms with Gasteiger partial charge in [0.1, 0.15) is 0 Å². The summed E-state index contributed by atoms with van der Waals surface area (Å²) in [6.07, 6.45) is -0.483. The number of hydrogen-bond acceptors (Lipinski definition) is 4. The summed E-state index contributed by atoms with van der Waals surface area (Å²) in [7, 11) is -3.70. The van der Waals surface area contributed by atoms with Gasteiger partial charge in [0.2, 0.25) is 15.9 Å². The minimum absolute atomic E-state index is 0.280. The highest BCUT2D eigenvalue weighted by Crippen LogP contribution is 1.90. The smallest absolute Gasteiger partial charge is 0.304 e. The third-order valence-corrected chi connectivity index (χ3v) is 3.07. The standard InChI is InChI=1S/C9H18N2O5S/c1-7(2)5-10-8(12)6-11-17(15,16)4-3-9(13)14/h7,11H,3-6H2,1-2H3,(H,10,12)(H,13,14).